The molecule has 1 aromatic carbocycles. The maximum Gasteiger partial charge on any atom is 0.314 e. The normalized spacial score (nSPS) is 13.5. The fourth-order valence-corrected chi connectivity index (χ4v) is 2.47. The molecule has 3 rings (SSSR count). The summed E-state index contributed by atoms with van der Waals surface area (Å²) in [6.07, 6.45) is 5.33. The molecule has 9 nitrogen and oxygen atoms in total. The molecule has 1 aromatic heterocycles. The second-order valence-corrected chi connectivity index (χ2v) is 5.18. The number of halogens is 1. The number of nitro benzene ring substituents is 1. The molecule has 1 aliphatic heterocycles. The Hall–Kier alpha value is -2.88. The zero-order chi connectivity index (χ0) is 16.6. The quantitative estimate of drug-likeness (QED) is 0.400. The van der Waals surface area contributed by atoms with E-state index in [2.05, 4.69) is 9.97 Å². The lowest BCUT2D eigenvalue weighted by atomic mass is 10.1. The van der Waals surface area contributed by atoms with Crippen molar-refractivity contribution in [1.82, 2.24) is 14.9 Å². The van der Waals surface area contributed by atoms with Gasteiger partial charge in [0, 0.05) is 29.9 Å². The third kappa shape index (κ3) is 3.38. The number of nitro groups is 1. The van der Waals surface area contributed by atoms with Crippen molar-refractivity contribution >= 4 is 33.7 Å². The van der Waals surface area contributed by atoms with E-state index in [0.29, 0.717) is 29.9 Å². The molecule has 10 heteroatoms. The molecule has 0 bridgehead atoms. The summed E-state index contributed by atoms with van der Waals surface area (Å²) in [6, 6.07) is 2.59. The van der Waals surface area contributed by atoms with Crippen LogP contribution in [0.25, 0.3) is 11.0 Å². The summed E-state index contributed by atoms with van der Waals surface area (Å²) in [7, 11) is 0. The van der Waals surface area contributed by atoms with Crippen molar-refractivity contribution in [2.75, 3.05) is 6.54 Å². The lowest BCUT2D eigenvalue weighted by Gasteiger charge is -2.23. The number of allylic oxidation sites excluding steroid dienone is 2. The second-order valence-electron chi connectivity index (χ2n) is 5.18. The van der Waals surface area contributed by atoms with Crippen molar-refractivity contribution < 1.29 is 4.92 Å². The smallest absolute Gasteiger partial charge is 0.314 e. The summed E-state index contributed by atoms with van der Waals surface area (Å²) in [5.41, 5.74) is 5.69. The summed E-state index contributed by atoms with van der Waals surface area (Å²) in [5, 5.41) is 11.1. The minimum absolute atomic E-state index is 0. The third-order valence-electron chi connectivity index (χ3n) is 3.47. The largest absolute Gasteiger partial charge is 0.401 e. The highest BCUT2D eigenvalue weighted by molar-refractivity contribution is 8.93. The molecule has 24 heavy (non-hydrogen) atoms. The van der Waals surface area contributed by atoms with E-state index < -0.39 is 16.0 Å². The highest BCUT2D eigenvalue weighted by atomic mass is 79.9. The number of nitrogens with two attached hydrogens (primary N) is 1. The van der Waals surface area contributed by atoms with Crippen LogP contribution in [0.15, 0.2) is 45.8 Å². The second kappa shape index (κ2) is 6.71. The minimum Gasteiger partial charge on any atom is -0.401 e. The Morgan fingerprint density at radius 3 is 2.62 bits per heavy atom. The standard InChI is InChI=1S/C14H13N5O4.BrH/c15-9-2-1-3-18(7-9)6-8-4-10(19(22)23)5-11-12(8)17-14(21)13(20)16-11;/h1-5H,6-7,15H2,(H,16,20)(H,17,21);1H. The highest BCUT2D eigenvalue weighted by Crippen LogP contribution is 2.23. The van der Waals surface area contributed by atoms with E-state index in [9.17, 15) is 19.7 Å². The molecule has 0 saturated carbocycles. The van der Waals surface area contributed by atoms with Crippen molar-refractivity contribution in [3.63, 3.8) is 0 Å². The maximum atomic E-state index is 11.6. The molecule has 2 heterocycles. The van der Waals surface area contributed by atoms with Gasteiger partial charge in [0.05, 0.1) is 22.5 Å². The minimum atomic E-state index is -0.853. The Balaban J connectivity index is 0.00000208. The fourth-order valence-electron chi connectivity index (χ4n) is 2.47. The molecule has 126 valence electrons. The van der Waals surface area contributed by atoms with Crippen LogP contribution >= 0.6 is 17.0 Å². The SMILES string of the molecule is Br.NC1=CC=CN(Cc2cc([N+](=O)[O-])cc3[nH]c(=O)c(=O)[nH]c23)C1. The first kappa shape index (κ1) is 17.5. The number of hydrogen-bond donors (Lipinski definition) is 3. The molecule has 1 aliphatic rings. The molecule has 0 radical (unpaired) electrons. The average Bonchev–Trinajstić information content (AvgIpc) is 2.49. The number of non-ortho nitro benzene ring substituents is 1. The van der Waals surface area contributed by atoms with E-state index in [-0.39, 0.29) is 28.2 Å². The van der Waals surface area contributed by atoms with Gasteiger partial charge in [-0.1, -0.05) is 0 Å². The fraction of sp³-hybridized carbons (Fsp3) is 0.143. The van der Waals surface area contributed by atoms with Crippen LogP contribution in [0.2, 0.25) is 0 Å². The number of nitrogens with one attached hydrogen (secondary N) is 2. The highest BCUT2D eigenvalue weighted by Gasteiger charge is 2.16. The first-order valence-electron chi connectivity index (χ1n) is 6.74. The van der Waals surface area contributed by atoms with E-state index in [1.807, 2.05) is 4.90 Å². The molecule has 0 saturated heterocycles. The topological polar surface area (TPSA) is 138 Å². The van der Waals surface area contributed by atoms with Crippen LogP contribution in [-0.2, 0) is 6.54 Å². The molecule has 0 unspecified atom stereocenters. The number of nitrogens with zero attached hydrogens (tertiary/aromatic N) is 2. The van der Waals surface area contributed by atoms with Gasteiger partial charge in [-0.3, -0.25) is 19.7 Å². The van der Waals surface area contributed by atoms with Crippen LogP contribution in [0.1, 0.15) is 5.56 Å². The predicted molar refractivity (Wildman–Crippen MR) is 94.0 cm³/mol. The van der Waals surface area contributed by atoms with Gasteiger partial charge in [0.15, 0.2) is 0 Å². The number of hydrogen-bond acceptors (Lipinski definition) is 6. The van der Waals surface area contributed by atoms with Crippen LogP contribution in [0, 0.1) is 10.1 Å². The molecule has 0 aliphatic carbocycles. The number of aromatic nitrogens is 2. The van der Waals surface area contributed by atoms with Gasteiger partial charge >= 0.3 is 11.1 Å². The number of benzene rings is 1. The van der Waals surface area contributed by atoms with E-state index >= 15 is 0 Å². The van der Waals surface area contributed by atoms with Crippen LogP contribution < -0.4 is 16.9 Å². The molecule has 2 aromatic rings. The zero-order valence-electron chi connectivity index (χ0n) is 12.3. The number of fused-ring (bicyclic) bond motifs is 1. The molecule has 4 N–H and O–H groups in total. The zero-order valence-corrected chi connectivity index (χ0v) is 14.0. The van der Waals surface area contributed by atoms with Crippen LogP contribution in [0.4, 0.5) is 5.69 Å². The monoisotopic (exact) mass is 395 g/mol. The Kier molecular flexibility index (Phi) is 4.88. The van der Waals surface area contributed by atoms with E-state index in [4.69, 9.17) is 5.73 Å². The number of rotatable bonds is 3. The third-order valence-corrected chi connectivity index (χ3v) is 3.47. The lowest BCUT2D eigenvalue weighted by molar-refractivity contribution is -0.384. The van der Waals surface area contributed by atoms with Gasteiger partial charge in [0.25, 0.3) is 5.69 Å². The average molecular weight is 396 g/mol. The Labute approximate surface area is 145 Å². The van der Waals surface area contributed by atoms with Gasteiger partial charge in [-0.05, 0) is 18.4 Å². The maximum absolute atomic E-state index is 11.6. The van der Waals surface area contributed by atoms with Gasteiger partial charge < -0.3 is 20.6 Å². The van der Waals surface area contributed by atoms with Crippen molar-refractivity contribution in [3.05, 3.63) is 72.6 Å². The molecule has 0 amide bonds. The van der Waals surface area contributed by atoms with Crippen molar-refractivity contribution in [1.29, 1.82) is 0 Å². The predicted octanol–water partition coefficient (Wildman–Crippen LogP) is 0.874. The van der Waals surface area contributed by atoms with Crippen molar-refractivity contribution in [2.24, 2.45) is 5.73 Å². The summed E-state index contributed by atoms with van der Waals surface area (Å²) in [4.78, 5) is 40.2. The van der Waals surface area contributed by atoms with Gasteiger partial charge in [-0.25, -0.2) is 0 Å². The van der Waals surface area contributed by atoms with Gasteiger partial charge in [0.1, 0.15) is 0 Å². The van der Waals surface area contributed by atoms with Crippen molar-refractivity contribution in [3.8, 4) is 0 Å². The van der Waals surface area contributed by atoms with Gasteiger partial charge in [-0.15, -0.1) is 17.0 Å². The first-order chi connectivity index (χ1) is 10.9. The summed E-state index contributed by atoms with van der Waals surface area (Å²) in [6.45, 7) is 0.763. The van der Waals surface area contributed by atoms with Gasteiger partial charge in [-0.2, -0.15) is 0 Å². The Morgan fingerprint density at radius 2 is 1.96 bits per heavy atom. The lowest BCUT2D eigenvalue weighted by Crippen LogP contribution is -2.30. The summed E-state index contributed by atoms with van der Waals surface area (Å²) < 4.78 is 0. The van der Waals surface area contributed by atoms with Crippen LogP contribution in [-0.4, -0.2) is 26.3 Å². The van der Waals surface area contributed by atoms with Crippen LogP contribution in [0.3, 0.4) is 0 Å². The van der Waals surface area contributed by atoms with E-state index in [1.54, 1.807) is 18.4 Å². The summed E-state index contributed by atoms with van der Waals surface area (Å²) >= 11 is 0. The van der Waals surface area contributed by atoms with Crippen LogP contribution in [0.5, 0.6) is 0 Å². The Morgan fingerprint density at radius 1 is 1.25 bits per heavy atom. The van der Waals surface area contributed by atoms with Crippen molar-refractivity contribution in [2.45, 2.75) is 6.54 Å². The molecule has 0 atom stereocenters. The molecule has 0 spiro atoms. The number of aromatic amines is 2. The molecular weight excluding hydrogens is 382 g/mol. The Bertz CT molecular complexity index is 975. The number of H-pyrrole nitrogens is 2. The summed E-state index contributed by atoms with van der Waals surface area (Å²) in [5.74, 6) is 0. The molecular formula is C14H14BrN5O4. The van der Waals surface area contributed by atoms with E-state index in [1.165, 1.54) is 12.1 Å². The first-order valence-corrected chi connectivity index (χ1v) is 6.74. The molecule has 0 fully saturated rings. The van der Waals surface area contributed by atoms with E-state index in [0.717, 1.165) is 0 Å². The van der Waals surface area contributed by atoms with Gasteiger partial charge in [0.2, 0.25) is 0 Å².